The molecular formula is C42H62CaO6. The fourth-order valence-corrected chi connectivity index (χ4v) is 6.17. The van der Waals surface area contributed by atoms with E-state index in [0.29, 0.717) is 38.5 Å². The van der Waals surface area contributed by atoms with Crippen molar-refractivity contribution >= 4 is 61.8 Å². The summed E-state index contributed by atoms with van der Waals surface area (Å²) in [5.41, 5.74) is 1.05. The Hall–Kier alpha value is -1.96. The van der Waals surface area contributed by atoms with Gasteiger partial charge in [0.2, 0.25) is 0 Å². The first-order valence-electron chi connectivity index (χ1n) is 18.2. The summed E-state index contributed by atoms with van der Waals surface area (Å²) < 4.78 is 0. The standard InChI is InChI=1S/2C21H32O3.Ca/c2*1-4-6-7-11-14-18(16-17-12-9-8-10-13-17)19(22)21(3,15-5-2)20(23)24;/h2*8-10,12-13,16,19,22H,4-7,11,14-15H2,1-3H3,(H,23,24);/q;;+2/p-2/b2*18-16+;. The average molecular weight is 703 g/mol. The van der Waals surface area contributed by atoms with Gasteiger partial charge >= 0.3 is 37.7 Å². The van der Waals surface area contributed by atoms with E-state index in [0.717, 1.165) is 73.6 Å². The summed E-state index contributed by atoms with van der Waals surface area (Å²) >= 11 is 0. The monoisotopic (exact) mass is 702 g/mol. The van der Waals surface area contributed by atoms with Gasteiger partial charge in [-0.1, -0.05) is 166 Å². The number of benzene rings is 2. The summed E-state index contributed by atoms with van der Waals surface area (Å²) in [6, 6.07) is 19.5. The molecule has 0 aromatic heterocycles. The number of aliphatic carboxylic acids is 2. The summed E-state index contributed by atoms with van der Waals surface area (Å²) in [5.74, 6) is -2.35. The van der Waals surface area contributed by atoms with E-state index in [9.17, 15) is 30.0 Å². The molecule has 0 heterocycles. The third kappa shape index (κ3) is 16.3. The Morgan fingerprint density at radius 1 is 0.592 bits per heavy atom. The maximum absolute atomic E-state index is 11.7. The third-order valence-corrected chi connectivity index (χ3v) is 9.32. The van der Waals surface area contributed by atoms with Gasteiger partial charge in [0.25, 0.3) is 0 Å². The number of rotatable bonds is 22. The largest absolute Gasteiger partial charge is 2.00 e. The fraction of sp³-hybridized carbons (Fsp3) is 0.571. The SMILES string of the molecule is CCCCCC/C(=C\c1ccccc1)C(O)C(C)(CCC)C(=O)[O-].CCCCCC/C(=C\c1ccccc1)C(O)C(C)(CCC)C(=O)[O-].[Ca+2]. The Balaban J connectivity index is 0.000000922. The van der Waals surface area contributed by atoms with Crippen molar-refractivity contribution in [3.8, 4) is 0 Å². The molecular weight excluding hydrogens is 641 g/mol. The zero-order valence-electron chi connectivity index (χ0n) is 31.2. The summed E-state index contributed by atoms with van der Waals surface area (Å²) in [6.45, 7) is 11.4. The molecule has 2 aromatic carbocycles. The van der Waals surface area contributed by atoms with Gasteiger partial charge in [-0.15, -0.1) is 0 Å². The van der Waals surface area contributed by atoms with Crippen molar-refractivity contribution in [2.24, 2.45) is 10.8 Å². The first-order valence-corrected chi connectivity index (χ1v) is 18.2. The van der Waals surface area contributed by atoms with Crippen molar-refractivity contribution in [2.75, 3.05) is 0 Å². The molecule has 268 valence electrons. The van der Waals surface area contributed by atoms with Gasteiger partial charge in [-0.2, -0.15) is 0 Å². The normalized spacial score (nSPS) is 15.4. The second-order valence-electron chi connectivity index (χ2n) is 13.6. The maximum Gasteiger partial charge on any atom is 2.00 e. The van der Waals surface area contributed by atoms with Crippen molar-refractivity contribution < 1.29 is 30.0 Å². The van der Waals surface area contributed by atoms with E-state index in [-0.39, 0.29) is 37.7 Å². The van der Waals surface area contributed by atoms with Crippen LogP contribution < -0.4 is 10.2 Å². The molecule has 0 amide bonds. The Morgan fingerprint density at radius 2 is 0.918 bits per heavy atom. The number of aliphatic hydroxyl groups excluding tert-OH is 2. The molecule has 0 radical (unpaired) electrons. The van der Waals surface area contributed by atoms with E-state index >= 15 is 0 Å². The minimum atomic E-state index is -1.25. The van der Waals surface area contributed by atoms with Crippen LogP contribution in [0.3, 0.4) is 0 Å². The van der Waals surface area contributed by atoms with Crippen LogP contribution in [0, 0.1) is 10.8 Å². The van der Waals surface area contributed by atoms with E-state index in [4.69, 9.17) is 0 Å². The second kappa shape index (κ2) is 25.9. The summed E-state index contributed by atoms with van der Waals surface area (Å²) in [7, 11) is 0. The first kappa shape index (κ1) is 47.0. The second-order valence-corrected chi connectivity index (χ2v) is 13.6. The summed E-state index contributed by atoms with van der Waals surface area (Å²) in [5, 5.41) is 45.1. The number of hydrogen-bond donors (Lipinski definition) is 2. The van der Waals surface area contributed by atoms with Crippen molar-refractivity contribution in [2.45, 2.75) is 144 Å². The zero-order chi connectivity index (χ0) is 36.0. The summed E-state index contributed by atoms with van der Waals surface area (Å²) in [4.78, 5) is 23.4. The molecule has 2 N–H and O–H groups in total. The maximum atomic E-state index is 11.7. The van der Waals surface area contributed by atoms with Gasteiger partial charge in [0.05, 0.1) is 24.1 Å². The Bertz CT molecular complexity index is 1150. The number of hydrogen-bond acceptors (Lipinski definition) is 6. The van der Waals surface area contributed by atoms with Crippen molar-refractivity contribution in [3.63, 3.8) is 0 Å². The van der Waals surface area contributed by atoms with E-state index in [1.165, 1.54) is 0 Å². The molecule has 0 aliphatic carbocycles. The van der Waals surface area contributed by atoms with Gasteiger partial charge in [-0.25, -0.2) is 0 Å². The Morgan fingerprint density at radius 3 is 1.18 bits per heavy atom. The van der Waals surface area contributed by atoms with Crippen LogP contribution in [-0.2, 0) is 9.59 Å². The molecule has 0 aliphatic heterocycles. The molecule has 7 heteroatoms. The molecule has 49 heavy (non-hydrogen) atoms. The number of carboxylic acid groups (broad SMARTS) is 2. The number of unbranched alkanes of at least 4 members (excludes halogenated alkanes) is 6. The minimum absolute atomic E-state index is 0. The van der Waals surface area contributed by atoms with Crippen LogP contribution >= 0.6 is 0 Å². The fourth-order valence-electron chi connectivity index (χ4n) is 6.17. The molecule has 6 nitrogen and oxygen atoms in total. The molecule has 4 atom stereocenters. The molecule has 0 saturated heterocycles. The van der Waals surface area contributed by atoms with Crippen LogP contribution in [0.4, 0.5) is 0 Å². The number of carboxylic acids is 2. The molecule has 0 fully saturated rings. The van der Waals surface area contributed by atoms with E-state index in [1.807, 2.05) is 86.7 Å². The van der Waals surface area contributed by atoms with Gasteiger partial charge in [0, 0.05) is 10.8 Å². The van der Waals surface area contributed by atoms with Crippen LogP contribution in [-0.4, -0.2) is 72.1 Å². The molecule has 2 aromatic rings. The van der Waals surface area contributed by atoms with Gasteiger partial charge in [-0.3, -0.25) is 0 Å². The van der Waals surface area contributed by atoms with Crippen LogP contribution in [0.2, 0.25) is 0 Å². The van der Waals surface area contributed by atoms with Crippen LogP contribution in [0.15, 0.2) is 71.8 Å². The van der Waals surface area contributed by atoms with Crippen molar-refractivity contribution in [3.05, 3.63) is 82.9 Å². The topological polar surface area (TPSA) is 121 Å². The van der Waals surface area contributed by atoms with Gasteiger partial charge in [0.15, 0.2) is 0 Å². The summed E-state index contributed by atoms with van der Waals surface area (Å²) in [6.07, 6.45) is 14.1. The van der Waals surface area contributed by atoms with Gasteiger partial charge < -0.3 is 30.0 Å². The molecule has 0 spiro atoms. The zero-order valence-corrected chi connectivity index (χ0v) is 33.4. The predicted octanol–water partition coefficient (Wildman–Crippen LogP) is 7.53. The third-order valence-electron chi connectivity index (χ3n) is 9.32. The molecule has 0 saturated carbocycles. The van der Waals surface area contributed by atoms with Crippen molar-refractivity contribution in [1.29, 1.82) is 0 Å². The predicted molar refractivity (Wildman–Crippen MR) is 200 cm³/mol. The van der Waals surface area contributed by atoms with Gasteiger partial charge in [0.1, 0.15) is 0 Å². The van der Waals surface area contributed by atoms with Crippen LogP contribution in [0.5, 0.6) is 0 Å². The van der Waals surface area contributed by atoms with E-state index in [2.05, 4.69) is 13.8 Å². The molecule has 4 unspecified atom stereocenters. The Kier molecular flexibility index (Phi) is 24.9. The average Bonchev–Trinajstić information content (AvgIpc) is 3.08. The van der Waals surface area contributed by atoms with Crippen molar-refractivity contribution in [1.82, 2.24) is 0 Å². The number of carbonyl (C=O) groups excluding carboxylic acids is 2. The van der Waals surface area contributed by atoms with E-state index in [1.54, 1.807) is 13.8 Å². The first-order chi connectivity index (χ1) is 22.9. The van der Waals surface area contributed by atoms with E-state index < -0.39 is 35.0 Å². The smallest absolute Gasteiger partial charge is 0.549 e. The minimum Gasteiger partial charge on any atom is -0.549 e. The number of aliphatic hydroxyl groups is 2. The van der Waals surface area contributed by atoms with Crippen LogP contribution in [0.25, 0.3) is 12.2 Å². The molecule has 0 bridgehead atoms. The van der Waals surface area contributed by atoms with Gasteiger partial charge in [-0.05, 0) is 60.8 Å². The van der Waals surface area contributed by atoms with Crippen LogP contribution in [0.1, 0.15) is 143 Å². The quantitative estimate of drug-likeness (QED) is 0.0967. The molecule has 2 rings (SSSR count). The number of carbonyl (C=O) groups is 2. The molecule has 0 aliphatic rings. The Labute approximate surface area is 327 Å².